The van der Waals surface area contributed by atoms with E-state index in [0.29, 0.717) is 17.9 Å². The Labute approximate surface area is 137 Å². The molecule has 126 valence electrons. The second-order valence-electron chi connectivity index (χ2n) is 7.06. The molecule has 23 heavy (non-hydrogen) atoms. The molecular weight excluding hydrogens is 290 g/mol. The van der Waals surface area contributed by atoms with Crippen molar-refractivity contribution in [2.24, 2.45) is 0 Å². The Morgan fingerprint density at radius 2 is 2.13 bits per heavy atom. The van der Waals surface area contributed by atoms with Crippen molar-refractivity contribution in [2.45, 2.75) is 65.0 Å². The molecule has 0 aromatic carbocycles. The molecule has 0 bridgehead atoms. The summed E-state index contributed by atoms with van der Waals surface area (Å²) in [7, 11) is 0. The Morgan fingerprint density at radius 3 is 2.83 bits per heavy atom. The molecule has 0 radical (unpaired) electrons. The van der Waals surface area contributed by atoms with Gasteiger partial charge in [-0.25, -0.2) is 4.98 Å². The molecule has 0 aliphatic carbocycles. The number of imidazole rings is 1. The summed E-state index contributed by atoms with van der Waals surface area (Å²) in [5, 5.41) is 4.06. The number of piperidine rings is 1. The summed E-state index contributed by atoms with van der Waals surface area (Å²) in [6, 6.07) is 0.451. The van der Waals surface area contributed by atoms with Crippen LogP contribution in [0.4, 0.5) is 0 Å². The Kier molecular flexibility index (Phi) is 4.80. The predicted octanol–water partition coefficient (Wildman–Crippen LogP) is 3.35. The lowest BCUT2D eigenvalue weighted by atomic mass is 9.97. The fourth-order valence-corrected chi connectivity index (χ4v) is 3.25. The summed E-state index contributed by atoms with van der Waals surface area (Å²) in [6.45, 7) is 11.4. The van der Waals surface area contributed by atoms with E-state index in [4.69, 9.17) is 4.52 Å². The van der Waals surface area contributed by atoms with Gasteiger partial charge in [-0.3, -0.25) is 4.90 Å². The number of hydrogen-bond acceptors (Lipinski definition) is 5. The smallest absolute Gasteiger partial charge is 0.240 e. The third-order valence-electron chi connectivity index (χ3n) is 4.48. The minimum absolute atomic E-state index is 0.306. The molecule has 2 aromatic rings. The van der Waals surface area contributed by atoms with Crippen LogP contribution in [0, 0.1) is 0 Å². The lowest BCUT2D eigenvalue weighted by Gasteiger charge is -2.32. The third-order valence-corrected chi connectivity index (χ3v) is 4.48. The van der Waals surface area contributed by atoms with Gasteiger partial charge in [-0.05, 0) is 33.2 Å². The van der Waals surface area contributed by atoms with Gasteiger partial charge in [0.1, 0.15) is 5.82 Å². The van der Waals surface area contributed by atoms with Gasteiger partial charge in [-0.1, -0.05) is 19.0 Å². The van der Waals surface area contributed by atoms with Crippen molar-refractivity contribution >= 4 is 0 Å². The van der Waals surface area contributed by atoms with Gasteiger partial charge in [0.05, 0.1) is 6.54 Å². The first-order chi connectivity index (χ1) is 11.0. The van der Waals surface area contributed by atoms with E-state index in [1.165, 1.54) is 18.7 Å². The molecule has 3 rings (SSSR count). The Balaban J connectivity index is 1.67. The summed E-state index contributed by atoms with van der Waals surface area (Å²) in [5.41, 5.74) is 0. The van der Waals surface area contributed by atoms with Crippen molar-refractivity contribution < 1.29 is 4.52 Å². The average Bonchev–Trinajstić information content (AvgIpc) is 3.16. The molecule has 3 heterocycles. The Bertz CT molecular complexity index is 630. The number of likely N-dealkylation sites (tertiary alicyclic amines) is 1. The van der Waals surface area contributed by atoms with Crippen LogP contribution in [-0.2, 0) is 6.54 Å². The highest BCUT2D eigenvalue weighted by Gasteiger charge is 2.26. The highest BCUT2D eigenvalue weighted by molar-refractivity contribution is 5.04. The molecule has 6 nitrogen and oxygen atoms in total. The lowest BCUT2D eigenvalue weighted by Crippen LogP contribution is -2.35. The number of nitrogens with zero attached hydrogens (tertiary/aromatic N) is 5. The second-order valence-corrected chi connectivity index (χ2v) is 7.06. The van der Waals surface area contributed by atoms with Gasteiger partial charge >= 0.3 is 0 Å². The van der Waals surface area contributed by atoms with Crippen LogP contribution in [0.15, 0.2) is 16.9 Å². The van der Waals surface area contributed by atoms with Gasteiger partial charge < -0.3 is 9.09 Å². The van der Waals surface area contributed by atoms with E-state index >= 15 is 0 Å². The van der Waals surface area contributed by atoms with Crippen LogP contribution >= 0.6 is 0 Å². The van der Waals surface area contributed by atoms with Crippen molar-refractivity contribution in [1.82, 2.24) is 24.6 Å². The van der Waals surface area contributed by atoms with E-state index in [0.717, 1.165) is 31.3 Å². The normalized spacial score (nSPS) is 19.8. The van der Waals surface area contributed by atoms with E-state index in [9.17, 15) is 0 Å². The zero-order chi connectivity index (χ0) is 16.4. The van der Waals surface area contributed by atoms with E-state index in [-0.39, 0.29) is 0 Å². The van der Waals surface area contributed by atoms with Gasteiger partial charge in [0.25, 0.3) is 0 Å². The maximum atomic E-state index is 5.39. The van der Waals surface area contributed by atoms with Crippen LogP contribution in [0.25, 0.3) is 0 Å². The van der Waals surface area contributed by atoms with Crippen LogP contribution in [0.3, 0.4) is 0 Å². The van der Waals surface area contributed by atoms with Crippen LogP contribution in [-0.4, -0.2) is 37.7 Å². The maximum absolute atomic E-state index is 5.39. The quantitative estimate of drug-likeness (QED) is 0.846. The fourth-order valence-electron chi connectivity index (χ4n) is 3.25. The van der Waals surface area contributed by atoms with Gasteiger partial charge in [0, 0.05) is 36.8 Å². The van der Waals surface area contributed by atoms with E-state index < -0.39 is 0 Å². The predicted molar refractivity (Wildman–Crippen MR) is 88.3 cm³/mol. The topological polar surface area (TPSA) is 60.0 Å². The molecule has 0 saturated carbocycles. The molecule has 6 heteroatoms. The van der Waals surface area contributed by atoms with Crippen molar-refractivity contribution in [3.05, 3.63) is 29.9 Å². The standard InChI is InChI=1S/C17H27N5O/c1-12(2)16-19-15(23-20-16)11-21-8-5-6-14(10-21)17-18-7-9-22(17)13(3)4/h7,9,12-14H,5-6,8,10-11H2,1-4H3/t14-/m0/s1. The van der Waals surface area contributed by atoms with Gasteiger partial charge in [0.15, 0.2) is 5.82 Å². The number of aromatic nitrogens is 4. The summed E-state index contributed by atoms with van der Waals surface area (Å²) in [5.74, 6) is 3.51. The molecule has 1 saturated heterocycles. The molecule has 2 aromatic heterocycles. The zero-order valence-electron chi connectivity index (χ0n) is 14.6. The van der Waals surface area contributed by atoms with E-state index in [1.54, 1.807) is 0 Å². The largest absolute Gasteiger partial charge is 0.338 e. The van der Waals surface area contributed by atoms with Gasteiger partial charge in [-0.15, -0.1) is 0 Å². The zero-order valence-corrected chi connectivity index (χ0v) is 14.6. The molecule has 1 aliphatic heterocycles. The first-order valence-electron chi connectivity index (χ1n) is 8.62. The van der Waals surface area contributed by atoms with Crippen LogP contribution in [0.5, 0.6) is 0 Å². The maximum Gasteiger partial charge on any atom is 0.240 e. The second kappa shape index (κ2) is 6.83. The van der Waals surface area contributed by atoms with E-state index in [2.05, 4.69) is 58.5 Å². The third kappa shape index (κ3) is 3.63. The number of hydrogen-bond donors (Lipinski definition) is 0. The molecule has 0 amide bonds. The molecular formula is C17H27N5O. The average molecular weight is 317 g/mol. The van der Waals surface area contributed by atoms with Crippen LogP contribution < -0.4 is 0 Å². The SMILES string of the molecule is CC(C)c1noc(CN2CCC[C@H](c3nccn3C(C)C)C2)n1. The first-order valence-corrected chi connectivity index (χ1v) is 8.62. The summed E-state index contributed by atoms with van der Waals surface area (Å²) in [6.07, 6.45) is 6.38. The summed E-state index contributed by atoms with van der Waals surface area (Å²) in [4.78, 5) is 11.5. The highest BCUT2D eigenvalue weighted by Crippen LogP contribution is 2.28. The lowest BCUT2D eigenvalue weighted by molar-refractivity contribution is 0.172. The van der Waals surface area contributed by atoms with Gasteiger partial charge in [-0.2, -0.15) is 4.98 Å². The molecule has 1 atom stereocenters. The molecule has 0 N–H and O–H groups in total. The molecule has 0 unspecified atom stereocenters. The van der Waals surface area contributed by atoms with Crippen molar-refractivity contribution in [1.29, 1.82) is 0 Å². The van der Waals surface area contributed by atoms with E-state index in [1.807, 2.05) is 6.20 Å². The molecule has 0 spiro atoms. The minimum atomic E-state index is 0.306. The Morgan fingerprint density at radius 1 is 1.30 bits per heavy atom. The Hall–Kier alpha value is -1.69. The van der Waals surface area contributed by atoms with Crippen LogP contribution in [0.2, 0.25) is 0 Å². The van der Waals surface area contributed by atoms with Crippen molar-refractivity contribution in [2.75, 3.05) is 13.1 Å². The van der Waals surface area contributed by atoms with Gasteiger partial charge in [0.2, 0.25) is 5.89 Å². The fraction of sp³-hybridized carbons (Fsp3) is 0.706. The molecule has 1 aliphatic rings. The van der Waals surface area contributed by atoms with Crippen molar-refractivity contribution in [3.63, 3.8) is 0 Å². The van der Waals surface area contributed by atoms with Crippen molar-refractivity contribution in [3.8, 4) is 0 Å². The minimum Gasteiger partial charge on any atom is -0.338 e. The van der Waals surface area contributed by atoms with Crippen LogP contribution in [0.1, 0.15) is 76.0 Å². The first kappa shape index (κ1) is 16.2. The summed E-state index contributed by atoms with van der Waals surface area (Å²) < 4.78 is 7.68. The number of rotatable bonds is 5. The highest BCUT2D eigenvalue weighted by atomic mass is 16.5. The monoisotopic (exact) mass is 317 g/mol. The summed E-state index contributed by atoms with van der Waals surface area (Å²) >= 11 is 0. The molecule has 1 fully saturated rings.